The SMILES string of the molecule is Cc1ccc(C(N)C(=O)NCC(C)(C)C#N)cc1. The summed E-state index contributed by atoms with van der Waals surface area (Å²) < 4.78 is 0. The zero-order valence-corrected chi connectivity index (χ0v) is 11.0. The Labute approximate surface area is 108 Å². The van der Waals surface area contributed by atoms with E-state index in [-0.39, 0.29) is 5.91 Å². The Kier molecular flexibility index (Phi) is 4.46. The van der Waals surface area contributed by atoms with Crippen molar-refractivity contribution in [2.24, 2.45) is 11.1 Å². The Morgan fingerprint density at radius 1 is 1.44 bits per heavy atom. The fourth-order valence-corrected chi connectivity index (χ4v) is 1.38. The number of nitriles is 1. The van der Waals surface area contributed by atoms with Gasteiger partial charge in [-0.2, -0.15) is 5.26 Å². The number of carbonyl (C=O) groups is 1. The quantitative estimate of drug-likeness (QED) is 0.846. The molecule has 0 saturated heterocycles. The minimum absolute atomic E-state index is 0.262. The topological polar surface area (TPSA) is 78.9 Å². The average Bonchev–Trinajstić information content (AvgIpc) is 2.36. The normalized spacial score (nSPS) is 12.6. The second-order valence-electron chi connectivity index (χ2n) is 5.10. The molecule has 96 valence electrons. The second-order valence-corrected chi connectivity index (χ2v) is 5.10. The number of nitrogens with two attached hydrogens (primary N) is 1. The molecule has 4 nitrogen and oxygen atoms in total. The van der Waals surface area contributed by atoms with Crippen molar-refractivity contribution >= 4 is 5.91 Å². The molecule has 1 rings (SSSR count). The van der Waals surface area contributed by atoms with E-state index in [1.807, 2.05) is 31.2 Å². The molecular formula is C14H19N3O. The van der Waals surface area contributed by atoms with Crippen LogP contribution in [0.2, 0.25) is 0 Å². The van der Waals surface area contributed by atoms with Crippen molar-refractivity contribution in [1.29, 1.82) is 5.26 Å². The summed E-state index contributed by atoms with van der Waals surface area (Å²) in [5.74, 6) is -0.262. The summed E-state index contributed by atoms with van der Waals surface area (Å²) in [5, 5.41) is 11.6. The Bertz CT molecular complexity index is 457. The molecule has 3 N–H and O–H groups in total. The summed E-state index contributed by atoms with van der Waals surface area (Å²) in [5.41, 5.74) is 7.18. The lowest BCUT2D eigenvalue weighted by molar-refractivity contribution is -0.122. The van der Waals surface area contributed by atoms with Crippen LogP contribution in [0.3, 0.4) is 0 Å². The maximum Gasteiger partial charge on any atom is 0.241 e. The fraction of sp³-hybridized carbons (Fsp3) is 0.429. The summed E-state index contributed by atoms with van der Waals surface area (Å²) in [7, 11) is 0. The van der Waals surface area contributed by atoms with Crippen molar-refractivity contribution in [3.05, 3.63) is 35.4 Å². The molecule has 0 aliphatic heterocycles. The Balaban J connectivity index is 2.63. The van der Waals surface area contributed by atoms with E-state index in [0.29, 0.717) is 6.54 Å². The maximum atomic E-state index is 11.8. The molecule has 1 unspecified atom stereocenters. The Morgan fingerprint density at radius 3 is 2.50 bits per heavy atom. The molecule has 0 aliphatic rings. The highest BCUT2D eigenvalue weighted by molar-refractivity contribution is 5.82. The van der Waals surface area contributed by atoms with Gasteiger partial charge in [0.2, 0.25) is 5.91 Å². The van der Waals surface area contributed by atoms with E-state index in [1.54, 1.807) is 13.8 Å². The monoisotopic (exact) mass is 245 g/mol. The van der Waals surface area contributed by atoms with Crippen LogP contribution < -0.4 is 11.1 Å². The zero-order chi connectivity index (χ0) is 13.8. The van der Waals surface area contributed by atoms with Crippen LogP contribution in [0.15, 0.2) is 24.3 Å². The van der Waals surface area contributed by atoms with Gasteiger partial charge in [-0.05, 0) is 26.3 Å². The second kappa shape index (κ2) is 5.65. The van der Waals surface area contributed by atoms with Crippen LogP contribution in [0.5, 0.6) is 0 Å². The number of amides is 1. The molecule has 0 aliphatic carbocycles. The Hall–Kier alpha value is -1.86. The first-order valence-electron chi connectivity index (χ1n) is 5.87. The van der Waals surface area contributed by atoms with Crippen molar-refractivity contribution in [3.63, 3.8) is 0 Å². The average molecular weight is 245 g/mol. The van der Waals surface area contributed by atoms with Crippen LogP contribution in [0.1, 0.15) is 31.0 Å². The van der Waals surface area contributed by atoms with Crippen molar-refractivity contribution in [2.45, 2.75) is 26.8 Å². The summed E-state index contributed by atoms with van der Waals surface area (Å²) in [6, 6.07) is 8.95. The highest BCUT2D eigenvalue weighted by Crippen LogP contribution is 2.14. The fourth-order valence-electron chi connectivity index (χ4n) is 1.38. The molecule has 0 aromatic heterocycles. The van der Waals surface area contributed by atoms with E-state index in [0.717, 1.165) is 11.1 Å². The first kappa shape index (κ1) is 14.2. The third-order valence-electron chi connectivity index (χ3n) is 2.73. The summed E-state index contributed by atoms with van der Waals surface area (Å²) >= 11 is 0. The molecule has 1 atom stereocenters. The van der Waals surface area contributed by atoms with Crippen LogP contribution in [0.4, 0.5) is 0 Å². The lowest BCUT2D eigenvalue weighted by Gasteiger charge is -2.18. The number of carbonyl (C=O) groups excluding carboxylic acids is 1. The molecule has 18 heavy (non-hydrogen) atoms. The predicted octanol–water partition coefficient (Wildman–Crippen LogP) is 1.66. The first-order chi connectivity index (χ1) is 8.35. The molecule has 4 heteroatoms. The van der Waals surface area contributed by atoms with Gasteiger partial charge in [-0.3, -0.25) is 4.79 Å². The number of hydrogen-bond acceptors (Lipinski definition) is 3. The van der Waals surface area contributed by atoms with Gasteiger partial charge in [0.15, 0.2) is 0 Å². The summed E-state index contributed by atoms with van der Waals surface area (Å²) in [6.07, 6.45) is 0. The highest BCUT2D eigenvalue weighted by atomic mass is 16.2. The largest absolute Gasteiger partial charge is 0.353 e. The van der Waals surface area contributed by atoms with Crippen molar-refractivity contribution in [1.82, 2.24) is 5.32 Å². The number of nitrogens with one attached hydrogen (secondary N) is 1. The molecule has 0 saturated carbocycles. The zero-order valence-electron chi connectivity index (χ0n) is 11.0. The van der Waals surface area contributed by atoms with Gasteiger partial charge in [-0.15, -0.1) is 0 Å². The van der Waals surface area contributed by atoms with Gasteiger partial charge in [0.05, 0.1) is 11.5 Å². The van der Waals surface area contributed by atoms with Gasteiger partial charge < -0.3 is 11.1 Å². The third kappa shape index (κ3) is 3.86. The van der Waals surface area contributed by atoms with Crippen LogP contribution in [-0.2, 0) is 4.79 Å². The summed E-state index contributed by atoms with van der Waals surface area (Å²) in [6.45, 7) is 5.81. The summed E-state index contributed by atoms with van der Waals surface area (Å²) in [4.78, 5) is 11.8. The van der Waals surface area contributed by atoms with Crippen LogP contribution in [0, 0.1) is 23.7 Å². The lowest BCUT2D eigenvalue weighted by atomic mass is 9.95. The Morgan fingerprint density at radius 2 is 2.00 bits per heavy atom. The van der Waals surface area contributed by atoms with Gasteiger partial charge in [-0.1, -0.05) is 29.8 Å². The van der Waals surface area contributed by atoms with E-state index in [4.69, 9.17) is 11.0 Å². The van der Waals surface area contributed by atoms with Gasteiger partial charge in [0.25, 0.3) is 0 Å². The smallest absolute Gasteiger partial charge is 0.241 e. The van der Waals surface area contributed by atoms with Crippen molar-refractivity contribution < 1.29 is 4.79 Å². The molecule has 0 fully saturated rings. The molecule has 1 aromatic rings. The van der Waals surface area contributed by atoms with E-state index in [9.17, 15) is 4.79 Å². The van der Waals surface area contributed by atoms with Crippen LogP contribution in [0.25, 0.3) is 0 Å². The first-order valence-corrected chi connectivity index (χ1v) is 5.87. The number of benzene rings is 1. The minimum Gasteiger partial charge on any atom is -0.353 e. The standard InChI is InChI=1S/C14H19N3O/c1-10-4-6-11(7-5-10)12(16)13(18)17-9-14(2,3)8-15/h4-7,12H,9,16H2,1-3H3,(H,17,18). The molecule has 0 bridgehead atoms. The lowest BCUT2D eigenvalue weighted by Crippen LogP contribution is -2.39. The molecule has 1 aromatic carbocycles. The van der Waals surface area contributed by atoms with Gasteiger partial charge >= 0.3 is 0 Å². The number of hydrogen-bond donors (Lipinski definition) is 2. The molecular weight excluding hydrogens is 226 g/mol. The molecule has 0 heterocycles. The molecule has 0 radical (unpaired) electrons. The molecule has 1 amide bonds. The number of nitrogens with zero attached hydrogens (tertiary/aromatic N) is 1. The van der Waals surface area contributed by atoms with Crippen LogP contribution in [-0.4, -0.2) is 12.5 Å². The van der Waals surface area contributed by atoms with E-state index >= 15 is 0 Å². The van der Waals surface area contributed by atoms with E-state index in [1.165, 1.54) is 0 Å². The molecule has 0 spiro atoms. The number of rotatable bonds is 4. The van der Waals surface area contributed by atoms with Gasteiger partial charge in [0, 0.05) is 6.54 Å². The van der Waals surface area contributed by atoms with E-state index < -0.39 is 11.5 Å². The minimum atomic E-state index is -0.694. The predicted molar refractivity (Wildman–Crippen MR) is 70.5 cm³/mol. The van der Waals surface area contributed by atoms with Crippen molar-refractivity contribution in [3.8, 4) is 6.07 Å². The van der Waals surface area contributed by atoms with E-state index in [2.05, 4.69) is 11.4 Å². The maximum absolute atomic E-state index is 11.8. The highest BCUT2D eigenvalue weighted by Gasteiger charge is 2.21. The van der Waals surface area contributed by atoms with Crippen molar-refractivity contribution in [2.75, 3.05) is 6.54 Å². The van der Waals surface area contributed by atoms with Gasteiger partial charge in [-0.25, -0.2) is 0 Å². The number of aryl methyl sites for hydroxylation is 1. The van der Waals surface area contributed by atoms with Gasteiger partial charge in [0.1, 0.15) is 6.04 Å². The third-order valence-corrected chi connectivity index (χ3v) is 2.73. The van der Waals surface area contributed by atoms with Crippen LogP contribution >= 0.6 is 0 Å².